The van der Waals surface area contributed by atoms with Crippen LogP contribution in [0.2, 0.25) is 0 Å². The molecule has 0 bridgehead atoms. The molecule has 1 heterocycles. The summed E-state index contributed by atoms with van der Waals surface area (Å²) in [5.74, 6) is -0.229. The van der Waals surface area contributed by atoms with Crippen LogP contribution in [0, 0.1) is 0 Å². The monoisotopic (exact) mass is 357 g/mol. The number of fused-ring (bicyclic) bond motifs is 3. The quantitative estimate of drug-likeness (QED) is 0.479. The van der Waals surface area contributed by atoms with Crippen molar-refractivity contribution in [1.82, 2.24) is 0 Å². The van der Waals surface area contributed by atoms with Gasteiger partial charge >= 0.3 is 6.36 Å². The Kier molecular flexibility index (Phi) is 3.95. The average molecular weight is 357 g/mol. The van der Waals surface area contributed by atoms with Gasteiger partial charge in [-0.25, -0.2) is 0 Å². The minimum Gasteiger partial charge on any atom is -0.456 e. The van der Waals surface area contributed by atoms with Crippen molar-refractivity contribution in [3.05, 3.63) is 72.3 Å². The van der Waals surface area contributed by atoms with Crippen molar-refractivity contribution in [1.29, 1.82) is 0 Å². The molecule has 0 aliphatic heterocycles. The number of hydrogen-bond donors (Lipinski definition) is 1. The summed E-state index contributed by atoms with van der Waals surface area (Å²) in [5.41, 5.74) is 3.14. The third kappa shape index (κ3) is 3.44. The Morgan fingerprint density at radius 3 is 2.50 bits per heavy atom. The maximum Gasteiger partial charge on any atom is 0.573 e. The minimum absolute atomic E-state index is 0.229. The number of anilines is 1. The number of halogens is 3. The summed E-state index contributed by atoms with van der Waals surface area (Å²) in [6, 6.07) is 19.4. The highest BCUT2D eigenvalue weighted by Crippen LogP contribution is 2.30. The molecule has 0 amide bonds. The van der Waals surface area contributed by atoms with Crippen LogP contribution in [-0.2, 0) is 6.54 Å². The van der Waals surface area contributed by atoms with Gasteiger partial charge in [0.1, 0.15) is 16.9 Å². The van der Waals surface area contributed by atoms with Gasteiger partial charge in [-0.05, 0) is 42.0 Å². The Morgan fingerprint density at radius 1 is 0.846 bits per heavy atom. The standard InChI is InChI=1S/C20H14F3NO2/c21-20(22,23)26-15-5-3-4-13(10-15)12-24-14-8-9-19-17(11-14)16-6-1-2-7-18(16)25-19/h1-11,24H,12H2. The van der Waals surface area contributed by atoms with E-state index in [0.717, 1.165) is 27.6 Å². The number of nitrogens with one attached hydrogen (secondary N) is 1. The van der Waals surface area contributed by atoms with Crippen molar-refractivity contribution in [2.24, 2.45) is 0 Å². The molecule has 1 N–H and O–H groups in total. The molecule has 0 saturated heterocycles. The number of ether oxygens (including phenoxy) is 1. The molecular weight excluding hydrogens is 343 g/mol. The van der Waals surface area contributed by atoms with Crippen molar-refractivity contribution in [2.75, 3.05) is 5.32 Å². The molecule has 0 atom stereocenters. The van der Waals surface area contributed by atoms with E-state index in [4.69, 9.17) is 4.42 Å². The number of alkyl halides is 3. The molecule has 132 valence electrons. The van der Waals surface area contributed by atoms with Crippen LogP contribution in [0.15, 0.2) is 71.1 Å². The molecule has 4 aromatic rings. The lowest BCUT2D eigenvalue weighted by molar-refractivity contribution is -0.274. The van der Waals surface area contributed by atoms with E-state index in [1.807, 2.05) is 42.5 Å². The fourth-order valence-corrected chi connectivity index (χ4v) is 2.89. The van der Waals surface area contributed by atoms with Gasteiger partial charge in [0.15, 0.2) is 0 Å². The minimum atomic E-state index is -4.70. The summed E-state index contributed by atoms with van der Waals surface area (Å²) < 4.78 is 46.7. The maximum absolute atomic E-state index is 12.3. The zero-order chi connectivity index (χ0) is 18.1. The molecule has 1 aromatic heterocycles. The number of furan rings is 1. The third-order valence-electron chi connectivity index (χ3n) is 4.01. The molecule has 0 unspecified atom stereocenters. The number of benzene rings is 3. The highest BCUT2D eigenvalue weighted by molar-refractivity contribution is 6.05. The predicted octanol–water partition coefficient (Wildman–Crippen LogP) is 6.10. The van der Waals surface area contributed by atoms with Crippen molar-refractivity contribution in [3.63, 3.8) is 0 Å². The zero-order valence-corrected chi connectivity index (χ0v) is 13.5. The van der Waals surface area contributed by atoms with E-state index in [2.05, 4.69) is 10.1 Å². The summed E-state index contributed by atoms with van der Waals surface area (Å²) in [5, 5.41) is 5.23. The molecular formula is C20H14F3NO2. The number of rotatable bonds is 4. The van der Waals surface area contributed by atoms with E-state index in [1.165, 1.54) is 18.2 Å². The predicted molar refractivity (Wildman–Crippen MR) is 94.2 cm³/mol. The molecule has 26 heavy (non-hydrogen) atoms. The van der Waals surface area contributed by atoms with Gasteiger partial charge < -0.3 is 14.5 Å². The molecule has 0 spiro atoms. The lowest BCUT2D eigenvalue weighted by atomic mass is 10.1. The maximum atomic E-state index is 12.3. The lowest BCUT2D eigenvalue weighted by Crippen LogP contribution is -2.17. The van der Waals surface area contributed by atoms with Crippen LogP contribution >= 0.6 is 0 Å². The van der Waals surface area contributed by atoms with Crippen molar-refractivity contribution in [2.45, 2.75) is 12.9 Å². The van der Waals surface area contributed by atoms with E-state index in [9.17, 15) is 13.2 Å². The Balaban J connectivity index is 1.54. The Bertz CT molecular complexity index is 1070. The second-order valence-electron chi connectivity index (χ2n) is 5.86. The SMILES string of the molecule is FC(F)(F)Oc1cccc(CNc2ccc3oc4ccccc4c3c2)c1. The Hall–Kier alpha value is -3.15. The van der Waals surface area contributed by atoms with Gasteiger partial charge in [-0.3, -0.25) is 0 Å². The lowest BCUT2D eigenvalue weighted by Gasteiger charge is -2.11. The molecule has 0 aliphatic rings. The topological polar surface area (TPSA) is 34.4 Å². The molecule has 3 aromatic carbocycles. The first-order valence-corrected chi connectivity index (χ1v) is 7.98. The zero-order valence-electron chi connectivity index (χ0n) is 13.5. The van der Waals surface area contributed by atoms with Gasteiger partial charge in [-0.15, -0.1) is 13.2 Å². The molecule has 0 saturated carbocycles. The highest BCUT2D eigenvalue weighted by atomic mass is 19.4. The van der Waals surface area contributed by atoms with Gasteiger partial charge in [0.2, 0.25) is 0 Å². The fraction of sp³-hybridized carbons (Fsp3) is 0.100. The normalized spacial score (nSPS) is 11.8. The molecule has 4 rings (SSSR count). The van der Waals surface area contributed by atoms with Gasteiger partial charge in [0, 0.05) is 23.0 Å². The summed E-state index contributed by atoms with van der Waals surface area (Å²) in [6.45, 7) is 0.371. The van der Waals surface area contributed by atoms with Crippen molar-refractivity contribution < 1.29 is 22.3 Å². The van der Waals surface area contributed by atoms with E-state index in [1.54, 1.807) is 6.07 Å². The Morgan fingerprint density at radius 2 is 1.65 bits per heavy atom. The Labute approximate surface area is 147 Å². The molecule has 0 aliphatic carbocycles. The summed E-state index contributed by atoms with van der Waals surface area (Å²) >= 11 is 0. The van der Waals surface area contributed by atoms with Crippen LogP contribution < -0.4 is 10.1 Å². The average Bonchev–Trinajstić information content (AvgIpc) is 2.97. The van der Waals surface area contributed by atoms with Crippen molar-refractivity contribution in [3.8, 4) is 5.75 Å². The molecule has 6 heteroatoms. The van der Waals surface area contributed by atoms with E-state index < -0.39 is 6.36 Å². The largest absolute Gasteiger partial charge is 0.573 e. The first kappa shape index (κ1) is 16.3. The number of para-hydroxylation sites is 1. The highest BCUT2D eigenvalue weighted by Gasteiger charge is 2.31. The van der Waals surface area contributed by atoms with E-state index >= 15 is 0 Å². The van der Waals surface area contributed by atoms with E-state index in [-0.39, 0.29) is 5.75 Å². The summed E-state index contributed by atoms with van der Waals surface area (Å²) in [6.07, 6.45) is -4.70. The second kappa shape index (κ2) is 6.29. The first-order valence-electron chi connectivity index (χ1n) is 7.98. The summed E-state index contributed by atoms with van der Waals surface area (Å²) in [7, 11) is 0. The van der Waals surface area contributed by atoms with E-state index in [0.29, 0.717) is 12.1 Å². The van der Waals surface area contributed by atoms with Crippen LogP contribution in [-0.4, -0.2) is 6.36 Å². The molecule has 0 radical (unpaired) electrons. The molecule has 0 fully saturated rings. The van der Waals surface area contributed by atoms with Crippen LogP contribution in [0.3, 0.4) is 0 Å². The van der Waals surface area contributed by atoms with Crippen LogP contribution in [0.4, 0.5) is 18.9 Å². The smallest absolute Gasteiger partial charge is 0.456 e. The first-order chi connectivity index (χ1) is 12.5. The number of hydrogen-bond acceptors (Lipinski definition) is 3. The fourth-order valence-electron chi connectivity index (χ4n) is 2.89. The van der Waals surface area contributed by atoms with Crippen LogP contribution in [0.5, 0.6) is 5.75 Å². The van der Waals surface area contributed by atoms with Crippen LogP contribution in [0.1, 0.15) is 5.56 Å². The van der Waals surface area contributed by atoms with Gasteiger partial charge in [0.25, 0.3) is 0 Å². The summed E-state index contributed by atoms with van der Waals surface area (Å²) in [4.78, 5) is 0. The molecule has 3 nitrogen and oxygen atoms in total. The van der Waals surface area contributed by atoms with Gasteiger partial charge in [-0.2, -0.15) is 0 Å². The van der Waals surface area contributed by atoms with Crippen LogP contribution in [0.25, 0.3) is 21.9 Å². The van der Waals surface area contributed by atoms with Crippen molar-refractivity contribution >= 4 is 27.6 Å². The second-order valence-corrected chi connectivity index (χ2v) is 5.86. The van der Waals surface area contributed by atoms with Gasteiger partial charge in [0.05, 0.1) is 0 Å². The third-order valence-corrected chi connectivity index (χ3v) is 4.01. The van der Waals surface area contributed by atoms with Gasteiger partial charge in [-0.1, -0.05) is 30.3 Å².